The standard InChI is InChI=1S/C32H27NO4/c1-33-18-26(24-16-21(36-2)14-15-27(24)37-3)31(17-20-8-4-5-11-22(20)29(31)34)32(33)25-13-7-10-19-9-6-12-23(28(19)25)30(32)35/h4-16,26H,17-18H2,1-3H3/t26-,31+,32+/m1/s1. The van der Waals surface area contributed by atoms with Gasteiger partial charge in [-0.1, -0.05) is 60.7 Å². The molecule has 1 aliphatic heterocycles. The number of nitrogens with zero attached hydrogens (tertiary/aromatic N) is 1. The number of ether oxygens (including phenoxy) is 2. The van der Waals surface area contributed by atoms with Crippen molar-refractivity contribution in [2.75, 3.05) is 27.8 Å². The predicted octanol–water partition coefficient (Wildman–Crippen LogP) is 5.40. The molecule has 7 rings (SSSR count). The van der Waals surface area contributed by atoms with E-state index < -0.39 is 11.0 Å². The van der Waals surface area contributed by atoms with Crippen LogP contribution >= 0.6 is 0 Å². The first kappa shape index (κ1) is 22.3. The minimum atomic E-state index is -1.13. The highest BCUT2D eigenvalue weighted by Crippen LogP contribution is 2.68. The summed E-state index contributed by atoms with van der Waals surface area (Å²) in [6.07, 6.45) is 0.480. The van der Waals surface area contributed by atoms with Gasteiger partial charge >= 0.3 is 0 Å². The normalized spacial score (nSPS) is 26.0. The van der Waals surface area contributed by atoms with Crippen molar-refractivity contribution in [1.29, 1.82) is 0 Å². The molecule has 2 aliphatic carbocycles. The van der Waals surface area contributed by atoms with Gasteiger partial charge in [0, 0.05) is 29.2 Å². The van der Waals surface area contributed by atoms with E-state index in [0.717, 1.165) is 27.5 Å². The van der Waals surface area contributed by atoms with Gasteiger partial charge in [-0.3, -0.25) is 14.5 Å². The maximum atomic E-state index is 14.8. The highest BCUT2D eigenvalue weighted by Gasteiger charge is 2.74. The smallest absolute Gasteiger partial charge is 0.189 e. The first-order valence-electron chi connectivity index (χ1n) is 12.6. The lowest BCUT2D eigenvalue weighted by molar-refractivity contribution is 0.0341. The van der Waals surface area contributed by atoms with Crippen LogP contribution in [-0.4, -0.2) is 44.3 Å². The Kier molecular flexibility index (Phi) is 4.53. The van der Waals surface area contributed by atoms with Gasteiger partial charge in [-0.25, -0.2) is 0 Å². The molecular weight excluding hydrogens is 462 g/mol. The highest BCUT2D eigenvalue weighted by molar-refractivity contribution is 6.24. The van der Waals surface area contributed by atoms with Crippen molar-refractivity contribution < 1.29 is 19.1 Å². The molecule has 0 radical (unpaired) electrons. The first-order valence-corrected chi connectivity index (χ1v) is 12.6. The van der Waals surface area contributed by atoms with Crippen LogP contribution in [0.2, 0.25) is 0 Å². The predicted molar refractivity (Wildman–Crippen MR) is 142 cm³/mol. The third kappa shape index (κ3) is 2.48. The summed E-state index contributed by atoms with van der Waals surface area (Å²) >= 11 is 0. The summed E-state index contributed by atoms with van der Waals surface area (Å²) in [5, 5.41) is 1.98. The van der Waals surface area contributed by atoms with Crippen molar-refractivity contribution in [3.8, 4) is 11.5 Å². The lowest BCUT2D eigenvalue weighted by Crippen LogP contribution is -2.57. The largest absolute Gasteiger partial charge is 0.497 e. The van der Waals surface area contributed by atoms with Crippen molar-refractivity contribution in [1.82, 2.24) is 4.90 Å². The molecule has 3 atom stereocenters. The van der Waals surface area contributed by atoms with Crippen LogP contribution in [0.1, 0.15) is 43.3 Å². The monoisotopic (exact) mass is 489 g/mol. The van der Waals surface area contributed by atoms with E-state index in [9.17, 15) is 9.59 Å². The van der Waals surface area contributed by atoms with E-state index in [4.69, 9.17) is 9.47 Å². The topological polar surface area (TPSA) is 55.8 Å². The number of Topliss-reactive ketones (excluding diaryl/α,β-unsaturated/α-hetero) is 2. The molecule has 0 bridgehead atoms. The fourth-order valence-electron chi connectivity index (χ4n) is 7.70. The number of fused-ring (bicyclic) bond motifs is 3. The molecule has 4 aromatic carbocycles. The minimum absolute atomic E-state index is 0.00678. The van der Waals surface area contributed by atoms with Gasteiger partial charge in [0.05, 0.1) is 19.6 Å². The van der Waals surface area contributed by atoms with Gasteiger partial charge in [0.2, 0.25) is 0 Å². The van der Waals surface area contributed by atoms with E-state index in [1.807, 2.05) is 79.8 Å². The number of ketones is 2. The number of methoxy groups -OCH3 is 2. The zero-order chi connectivity index (χ0) is 25.5. The number of carbonyl (C=O) groups is 2. The fourth-order valence-corrected chi connectivity index (χ4v) is 7.70. The average Bonchev–Trinajstić information content (AvgIpc) is 3.48. The summed E-state index contributed by atoms with van der Waals surface area (Å²) in [6, 6.07) is 25.6. The summed E-state index contributed by atoms with van der Waals surface area (Å²) < 4.78 is 11.4. The molecule has 2 spiro atoms. The van der Waals surface area contributed by atoms with Crippen molar-refractivity contribution in [2.24, 2.45) is 5.41 Å². The first-order chi connectivity index (χ1) is 18.0. The summed E-state index contributed by atoms with van der Waals surface area (Å²) in [5.41, 5.74) is 2.04. The lowest BCUT2D eigenvalue weighted by atomic mass is 9.58. The Hall–Kier alpha value is -3.96. The third-order valence-electron chi connectivity index (χ3n) is 9.09. The summed E-state index contributed by atoms with van der Waals surface area (Å²) in [5.74, 6) is 1.13. The quantitative estimate of drug-likeness (QED) is 0.386. The summed E-state index contributed by atoms with van der Waals surface area (Å²) in [6.45, 7) is 0.527. The number of hydrogen-bond donors (Lipinski definition) is 0. The number of benzene rings is 4. The van der Waals surface area contributed by atoms with Gasteiger partial charge in [0.25, 0.3) is 0 Å². The van der Waals surface area contributed by atoms with Crippen molar-refractivity contribution in [3.63, 3.8) is 0 Å². The molecule has 3 aliphatic rings. The molecule has 0 unspecified atom stereocenters. The van der Waals surface area contributed by atoms with Crippen LogP contribution in [0.15, 0.2) is 78.9 Å². The zero-order valence-electron chi connectivity index (χ0n) is 21.1. The van der Waals surface area contributed by atoms with Gasteiger partial charge < -0.3 is 9.47 Å². The number of likely N-dealkylation sites (N-methyl/N-ethyl adjacent to an activating group) is 1. The van der Waals surface area contributed by atoms with Crippen molar-refractivity contribution >= 4 is 22.3 Å². The summed E-state index contributed by atoms with van der Waals surface area (Å²) in [7, 11) is 5.28. The second kappa shape index (κ2) is 7.53. The molecule has 0 amide bonds. The van der Waals surface area contributed by atoms with Gasteiger partial charge in [0.15, 0.2) is 11.6 Å². The molecule has 184 valence electrons. The molecule has 4 aromatic rings. The van der Waals surface area contributed by atoms with E-state index in [2.05, 4.69) is 11.0 Å². The third-order valence-corrected chi connectivity index (χ3v) is 9.09. The maximum Gasteiger partial charge on any atom is 0.189 e. The van der Waals surface area contributed by atoms with Crippen LogP contribution in [0, 0.1) is 5.41 Å². The highest BCUT2D eigenvalue weighted by atomic mass is 16.5. The number of hydrogen-bond acceptors (Lipinski definition) is 5. The lowest BCUT2D eigenvalue weighted by Gasteiger charge is -2.44. The van der Waals surface area contributed by atoms with Crippen molar-refractivity contribution in [2.45, 2.75) is 17.9 Å². The Morgan fingerprint density at radius 3 is 2.35 bits per heavy atom. The van der Waals surface area contributed by atoms with Crippen LogP contribution < -0.4 is 9.47 Å². The van der Waals surface area contributed by atoms with Gasteiger partial charge in [-0.05, 0) is 53.6 Å². The number of likely N-dealkylation sites (tertiary alicyclic amines) is 1. The average molecular weight is 490 g/mol. The Bertz CT molecular complexity index is 1640. The van der Waals surface area contributed by atoms with Crippen molar-refractivity contribution in [3.05, 3.63) is 107 Å². The van der Waals surface area contributed by atoms with Crippen LogP contribution in [0.4, 0.5) is 0 Å². The number of rotatable bonds is 3. The Labute approximate surface area is 215 Å². The van der Waals surface area contributed by atoms with E-state index in [1.165, 1.54) is 0 Å². The summed E-state index contributed by atoms with van der Waals surface area (Å²) in [4.78, 5) is 31.7. The molecule has 0 saturated carbocycles. The second-order valence-corrected chi connectivity index (χ2v) is 10.4. The second-order valence-electron chi connectivity index (χ2n) is 10.4. The molecule has 0 N–H and O–H groups in total. The van der Waals surface area contributed by atoms with Gasteiger partial charge in [0.1, 0.15) is 17.0 Å². The zero-order valence-corrected chi connectivity index (χ0v) is 21.1. The molecule has 1 heterocycles. The fraction of sp³-hybridized carbons (Fsp3) is 0.250. The van der Waals surface area contributed by atoms with E-state index in [1.54, 1.807) is 14.2 Å². The SMILES string of the molecule is COc1ccc(OC)c([C@H]2CN(C)[C@@]3(C(=O)c4cccc5cccc3c45)[C@@]23Cc2ccccc2C3=O)c1. The van der Waals surface area contributed by atoms with E-state index in [-0.39, 0.29) is 17.5 Å². The molecule has 0 aromatic heterocycles. The van der Waals surface area contributed by atoms with Crippen LogP contribution in [0.3, 0.4) is 0 Å². The van der Waals surface area contributed by atoms with Crippen LogP contribution in [0.5, 0.6) is 11.5 Å². The Balaban J connectivity index is 1.59. The van der Waals surface area contributed by atoms with Crippen LogP contribution in [-0.2, 0) is 12.0 Å². The molecule has 1 fully saturated rings. The Morgan fingerprint density at radius 2 is 1.59 bits per heavy atom. The molecule has 5 nitrogen and oxygen atoms in total. The molecule has 1 saturated heterocycles. The number of carbonyl (C=O) groups excluding carboxylic acids is 2. The molecular formula is C32H27NO4. The van der Waals surface area contributed by atoms with Crippen LogP contribution in [0.25, 0.3) is 10.8 Å². The van der Waals surface area contributed by atoms with Gasteiger partial charge in [-0.2, -0.15) is 0 Å². The molecule has 5 heteroatoms. The van der Waals surface area contributed by atoms with Gasteiger partial charge in [-0.15, -0.1) is 0 Å². The molecule has 37 heavy (non-hydrogen) atoms. The minimum Gasteiger partial charge on any atom is -0.497 e. The van der Waals surface area contributed by atoms with E-state index >= 15 is 0 Å². The Morgan fingerprint density at radius 1 is 0.838 bits per heavy atom. The maximum absolute atomic E-state index is 14.8. The van der Waals surface area contributed by atoms with E-state index in [0.29, 0.717) is 35.6 Å².